The van der Waals surface area contributed by atoms with Gasteiger partial charge in [-0.05, 0) is 31.9 Å². The Bertz CT molecular complexity index is 863. The topological polar surface area (TPSA) is 65.4 Å². The number of hydrogen-bond acceptors (Lipinski definition) is 5. The van der Waals surface area contributed by atoms with E-state index in [2.05, 4.69) is 15.2 Å². The van der Waals surface area contributed by atoms with Gasteiger partial charge in [0.25, 0.3) is 0 Å². The zero-order valence-corrected chi connectivity index (χ0v) is 16.4. The fourth-order valence-corrected chi connectivity index (χ4v) is 3.44. The molecule has 1 aromatic heterocycles. The Morgan fingerprint density at radius 3 is 2.63 bits per heavy atom. The summed E-state index contributed by atoms with van der Waals surface area (Å²) >= 11 is 0. The second kappa shape index (κ2) is 9.46. The van der Waals surface area contributed by atoms with Crippen molar-refractivity contribution >= 4 is 5.97 Å². The van der Waals surface area contributed by atoms with Crippen LogP contribution in [0.5, 0.6) is 5.88 Å². The maximum atomic E-state index is 13.9. The third-order valence-electron chi connectivity index (χ3n) is 4.99. The molecule has 0 spiro atoms. The highest BCUT2D eigenvalue weighted by atomic mass is 19.4. The summed E-state index contributed by atoms with van der Waals surface area (Å²) in [7, 11) is 1.35. The smallest absolute Gasteiger partial charge is 0.473 e. The van der Waals surface area contributed by atoms with Gasteiger partial charge in [0.15, 0.2) is 6.23 Å². The van der Waals surface area contributed by atoms with Crippen molar-refractivity contribution in [3.05, 3.63) is 47.4 Å². The molecule has 0 aliphatic heterocycles. The van der Waals surface area contributed by atoms with E-state index >= 15 is 0 Å². The minimum Gasteiger partial charge on any atom is -0.473 e. The minimum absolute atomic E-state index is 0.0663. The van der Waals surface area contributed by atoms with Crippen LogP contribution in [0.15, 0.2) is 30.3 Å². The number of nitrogens with one attached hydrogen (secondary N) is 1. The molecule has 1 atom stereocenters. The monoisotopic (exact) mass is 429 g/mol. The second-order valence-corrected chi connectivity index (χ2v) is 7.19. The van der Waals surface area contributed by atoms with Gasteiger partial charge in [0.1, 0.15) is 18.1 Å². The maximum absolute atomic E-state index is 13.9. The van der Waals surface area contributed by atoms with Crippen molar-refractivity contribution in [3.63, 3.8) is 0 Å². The molecule has 10 heteroatoms. The van der Waals surface area contributed by atoms with Crippen molar-refractivity contribution in [2.75, 3.05) is 7.05 Å². The summed E-state index contributed by atoms with van der Waals surface area (Å²) in [6, 6.07) is 7.54. The first-order chi connectivity index (χ1) is 14.3. The van der Waals surface area contributed by atoms with Crippen LogP contribution in [0.1, 0.15) is 43.2 Å². The molecule has 1 aliphatic carbocycles. The summed E-state index contributed by atoms with van der Waals surface area (Å²) in [4.78, 5) is 11.2. The van der Waals surface area contributed by atoms with E-state index in [9.17, 15) is 22.4 Å². The summed E-state index contributed by atoms with van der Waals surface area (Å²) in [5.74, 6) is -2.12. The number of halogens is 4. The van der Waals surface area contributed by atoms with Crippen molar-refractivity contribution < 1.29 is 31.8 Å². The quantitative estimate of drug-likeness (QED) is 0.389. The summed E-state index contributed by atoms with van der Waals surface area (Å²) in [5, 5.41) is 6.81. The van der Waals surface area contributed by atoms with Gasteiger partial charge < -0.3 is 9.47 Å². The first-order valence-corrected chi connectivity index (χ1v) is 9.67. The van der Waals surface area contributed by atoms with Gasteiger partial charge in [-0.2, -0.15) is 18.3 Å². The van der Waals surface area contributed by atoms with Crippen LogP contribution in [0.4, 0.5) is 17.6 Å². The fourth-order valence-electron chi connectivity index (χ4n) is 3.44. The number of rotatable bonds is 8. The van der Waals surface area contributed by atoms with Gasteiger partial charge >= 0.3 is 12.1 Å². The Morgan fingerprint density at radius 2 is 2.00 bits per heavy atom. The molecule has 0 amide bonds. The van der Waals surface area contributed by atoms with Crippen molar-refractivity contribution in [1.29, 1.82) is 0 Å². The zero-order valence-electron chi connectivity index (χ0n) is 16.4. The van der Waals surface area contributed by atoms with Gasteiger partial charge in [0.05, 0.1) is 0 Å². The third-order valence-corrected chi connectivity index (χ3v) is 4.99. The van der Waals surface area contributed by atoms with Gasteiger partial charge in [-0.3, -0.25) is 5.32 Å². The Hall–Kier alpha value is -2.62. The predicted octanol–water partition coefficient (Wildman–Crippen LogP) is 4.11. The largest absolute Gasteiger partial charge is 0.490 e. The highest BCUT2D eigenvalue weighted by molar-refractivity contribution is 5.75. The third kappa shape index (κ3) is 5.50. The summed E-state index contributed by atoms with van der Waals surface area (Å²) in [6.45, 7) is 0.436. The Kier molecular flexibility index (Phi) is 6.96. The van der Waals surface area contributed by atoms with Crippen LogP contribution in [-0.2, 0) is 22.7 Å². The van der Waals surface area contributed by atoms with Gasteiger partial charge in [-0.1, -0.05) is 31.0 Å². The van der Waals surface area contributed by atoms with Crippen LogP contribution in [0.25, 0.3) is 0 Å². The van der Waals surface area contributed by atoms with Crippen molar-refractivity contribution in [1.82, 2.24) is 15.1 Å². The number of carbonyl (C=O) groups is 1. The van der Waals surface area contributed by atoms with Gasteiger partial charge in [-0.25, -0.2) is 13.9 Å². The fraction of sp³-hybridized carbons (Fsp3) is 0.500. The van der Waals surface area contributed by atoms with Crippen LogP contribution in [0, 0.1) is 11.7 Å². The Morgan fingerprint density at radius 1 is 1.30 bits per heavy atom. The predicted molar refractivity (Wildman–Crippen MR) is 98.9 cm³/mol. The van der Waals surface area contributed by atoms with E-state index in [4.69, 9.17) is 4.74 Å². The van der Waals surface area contributed by atoms with Gasteiger partial charge in [-0.15, -0.1) is 0 Å². The molecule has 1 aromatic carbocycles. The summed E-state index contributed by atoms with van der Waals surface area (Å²) in [6.07, 6.45) is -2.29. The Balaban J connectivity index is 1.81. The standard InChI is InChI=1S/C20H23F4N3O3/c1-25-18(30-19(28)20(22,23)24)16-10-17(27(26-16)11-13-6-2-3-7-13)29-12-14-8-4-5-9-15(14)21/h4-5,8-10,13,18,25H,2-3,6-7,11-12H2,1H3. The number of alkyl halides is 3. The lowest BCUT2D eigenvalue weighted by Gasteiger charge is -2.16. The molecule has 1 aliphatic rings. The number of carbonyl (C=O) groups excluding carboxylic acids is 1. The molecular weight excluding hydrogens is 406 g/mol. The van der Waals surface area contributed by atoms with E-state index in [0.29, 0.717) is 18.0 Å². The number of nitrogens with zero attached hydrogens (tertiary/aromatic N) is 2. The molecule has 164 valence electrons. The molecule has 1 saturated carbocycles. The van der Waals surface area contributed by atoms with Crippen LogP contribution < -0.4 is 10.1 Å². The number of hydrogen-bond donors (Lipinski definition) is 1. The minimum atomic E-state index is -5.12. The lowest BCUT2D eigenvalue weighted by Crippen LogP contribution is -2.31. The molecule has 1 fully saturated rings. The van der Waals surface area contributed by atoms with Crippen LogP contribution in [0.3, 0.4) is 0 Å². The van der Waals surface area contributed by atoms with Crippen LogP contribution in [0.2, 0.25) is 0 Å². The molecule has 30 heavy (non-hydrogen) atoms. The molecule has 1 heterocycles. The Labute approximate surface area is 171 Å². The summed E-state index contributed by atoms with van der Waals surface area (Å²) in [5.41, 5.74) is 0.401. The highest BCUT2D eigenvalue weighted by Crippen LogP contribution is 2.30. The zero-order chi connectivity index (χ0) is 21.7. The SMILES string of the molecule is CNC(OC(=O)C(F)(F)F)c1cc(OCc2ccccc2F)n(CC2CCCC2)n1. The van der Waals surface area contributed by atoms with E-state index in [0.717, 1.165) is 25.7 Å². The molecule has 0 bridgehead atoms. The molecule has 1 N–H and O–H groups in total. The molecule has 0 radical (unpaired) electrons. The van der Waals surface area contributed by atoms with Crippen LogP contribution >= 0.6 is 0 Å². The number of esters is 1. The molecule has 3 rings (SSSR count). The van der Waals surface area contributed by atoms with E-state index < -0.39 is 24.2 Å². The first kappa shape index (κ1) is 22.1. The summed E-state index contributed by atoms with van der Waals surface area (Å²) < 4.78 is 63.4. The van der Waals surface area contributed by atoms with Gasteiger partial charge in [0, 0.05) is 18.2 Å². The number of aromatic nitrogens is 2. The molecular formula is C20H23F4N3O3. The van der Waals surface area contributed by atoms with Crippen molar-refractivity contribution in [3.8, 4) is 5.88 Å². The molecule has 2 aromatic rings. The lowest BCUT2D eigenvalue weighted by molar-refractivity contribution is -0.206. The molecule has 0 saturated heterocycles. The van der Waals surface area contributed by atoms with E-state index in [1.165, 1.54) is 23.9 Å². The normalized spacial score (nSPS) is 15.9. The first-order valence-electron chi connectivity index (χ1n) is 9.67. The number of ether oxygens (including phenoxy) is 2. The van der Waals surface area contributed by atoms with E-state index in [1.54, 1.807) is 18.2 Å². The maximum Gasteiger partial charge on any atom is 0.490 e. The lowest BCUT2D eigenvalue weighted by atomic mass is 10.1. The van der Waals surface area contributed by atoms with Gasteiger partial charge in [0.2, 0.25) is 5.88 Å². The van der Waals surface area contributed by atoms with Crippen LogP contribution in [-0.4, -0.2) is 29.0 Å². The van der Waals surface area contributed by atoms with E-state index in [-0.39, 0.29) is 18.2 Å². The molecule has 1 unspecified atom stereocenters. The average molecular weight is 429 g/mol. The average Bonchev–Trinajstić information content (AvgIpc) is 3.35. The highest BCUT2D eigenvalue weighted by Gasteiger charge is 2.42. The second-order valence-electron chi connectivity index (χ2n) is 7.19. The number of benzene rings is 1. The van der Waals surface area contributed by atoms with Crippen molar-refractivity contribution in [2.45, 2.75) is 51.2 Å². The van der Waals surface area contributed by atoms with Crippen molar-refractivity contribution in [2.24, 2.45) is 5.92 Å². The molecule has 6 nitrogen and oxygen atoms in total. The van der Waals surface area contributed by atoms with E-state index in [1.807, 2.05) is 0 Å².